The quantitative estimate of drug-likeness (QED) is 0.308. The fraction of sp³-hybridized carbons (Fsp3) is 0.731. The van der Waals surface area contributed by atoms with Crippen molar-refractivity contribution in [3.05, 3.63) is 35.9 Å². The van der Waals surface area contributed by atoms with Gasteiger partial charge in [-0.15, -0.1) is 0 Å². The zero-order valence-electron chi connectivity index (χ0n) is 19.4. The van der Waals surface area contributed by atoms with Crippen LogP contribution in [0.15, 0.2) is 30.3 Å². The van der Waals surface area contributed by atoms with E-state index < -0.39 is 12.1 Å². The molecule has 1 fully saturated rings. The molecule has 0 bridgehead atoms. The maximum atomic E-state index is 12.8. The minimum absolute atomic E-state index is 0.120. The van der Waals surface area contributed by atoms with Crippen LogP contribution in [0, 0.1) is 5.92 Å². The van der Waals surface area contributed by atoms with E-state index >= 15 is 0 Å². The maximum absolute atomic E-state index is 12.8. The third-order valence-electron chi connectivity index (χ3n) is 6.59. The SMILES string of the molecule is CCCCCCCCCCC[C@@H]1CCN[C@H](C(=O)N[C@H](CO)[C@H](O)c2ccccc2)C1. The molecule has 1 aliphatic rings. The Morgan fingerprint density at radius 2 is 1.71 bits per heavy atom. The van der Waals surface area contributed by atoms with Crippen LogP contribution in [0.4, 0.5) is 0 Å². The number of hydrogen-bond donors (Lipinski definition) is 4. The van der Waals surface area contributed by atoms with Gasteiger partial charge in [0.15, 0.2) is 0 Å². The normalized spacial score (nSPS) is 20.9. The van der Waals surface area contributed by atoms with Gasteiger partial charge in [0, 0.05) is 0 Å². The number of rotatable bonds is 15. The van der Waals surface area contributed by atoms with Gasteiger partial charge in [-0.05, 0) is 30.9 Å². The monoisotopic (exact) mass is 432 g/mol. The second-order valence-electron chi connectivity index (χ2n) is 9.17. The Morgan fingerprint density at radius 1 is 1.06 bits per heavy atom. The van der Waals surface area contributed by atoms with Gasteiger partial charge in [0.2, 0.25) is 5.91 Å². The number of unbranched alkanes of at least 4 members (excludes halogenated alkanes) is 8. The van der Waals surface area contributed by atoms with Gasteiger partial charge in [0.1, 0.15) is 6.10 Å². The third kappa shape index (κ3) is 9.71. The highest BCUT2D eigenvalue weighted by Crippen LogP contribution is 2.24. The standard InChI is InChI=1S/C26H44N2O3/c1-2-3-4-5-6-7-8-9-11-14-21-17-18-27-23(19-21)26(31)28-24(20-29)25(30)22-15-12-10-13-16-22/h10,12-13,15-16,21,23-25,27,29-30H,2-9,11,14,17-20H2,1H3,(H,28,31)/t21-,23+,24-,25-/m1/s1. The Morgan fingerprint density at radius 3 is 2.35 bits per heavy atom. The number of hydrogen-bond acceptors (Lipinski definition) is 4. The molecule has 2 rings (SSSR count). The predicted octanol–water partition coefficient (Wildman–Crippen LogP) is 4.49. The summed E-state index contributed by atoms with van der Waals surface area (Å²) < 4.78 is 0. The molecule has 1 saturated heterocycles. The summed E-state index contributed by atoms with van der Waals surface area (Å²) in [6, 6.07) is 8.23. The van der Waals surface area contributed by atoms with E-state index in [4.69, 9.17) is 0 Å². The van der Waals surface area contributed by atoms with Crippen molar-refractivity contribution in [2.45, 2.75) is 102 Å². The molecular weight excluding hydrogens is 388 g/mol. The molecule has 0 aliphatic carbocycles. The van der Waals surface area contributed by atoms with E-state index in [0.717, 1.165) is 19.4 Å². The fourth-order valence-corrected chi connectivity index (χ4v) is 4.59. The highest BCUT2D eigenvalue weighted by atomic mass is 16.3. The first-order valence-electron chi connectivity index (χ1n) is 12.5. The van der Waals surface area contributed by atoms with Crippen molar-refractivity contribution in [2.24, 2.45) is 5.92 Å². The lowest BCUT2D eigenvalue weighted by atomic mass is 9.87. The summed E-state index contributed by atoms with van der Waals surface area (Å²) in [5.41, 5.74) is 0.696. The van der Waals surface area contributed by atoms with E-state index in [9.17, 15) is 15.0 Å². The molecule has 0 radical (unpaired) electrons. The summed E-state index contributed by atoms with van der Waals surface area (Å²) in [5.74, 6) is 0.457. The molecule has 1 amide bonds. The van der Waals surface area contributed by atoms with E-state index in [0.29, 0.717) is 11.5 Å². The van der Waals surface area contributed by atoms with Crippen LogP contribution in [0.5, 0.6) is 0 Å². The number of benzene rings is 1. The summed E-state index contributed by atoms with van der Waals surface area (Å²) in [4.78, 5) is 12.8. The maximum Gasteiger partial charge on any atom is 0.237 e. The van der Waals surface area contributed by atoms with Crippen molar-refractivity contribution in [1.82, 2.24) is 10.6 Å². The minimum Gasteiger partial charge on any atom is -0.394 e. The highest BCUT2D eigenvalue weighted by molar-refractivity contribution is 5.82. The molecular formula is C26H44N2O3. The van der Waals surface area contributed by atoms with Crippen LogP contribution in [0.2, 0.25) is 0 Å². The van der Waals surface area contributed by atoms with Crippen molar-refractivity contribution >= 4 is 5.91 Å². The molecule has 4 N–H and O–H groups in total. The number of amides is 1. The Labute approximate surface area is 189 Å². The number of aliphatic hydroxyl groups excluding tert-OH is 2. The first kappa shape index (κ1) is 25.8. The van der Waals surface area contributed by atoms with Gasteiger partial charge in [-0.25, -0.2) is 0 Å². The highest BCUT2D eigenvalue weighted by Gasteiger charge is 2.30. The van der Waals surface area contributed by atoms with Crippen LogP contribution >= 0.6 is 0 Å². The number of aliphatic hydroxyl groups is 2. The Balaban J connectivity index is 1.66. The molecule has 0 aromatic heterocycles. The van der Waals surface area contributed by atoms with Gasteiger partial charge in [-0.1, -0.05) is 101 Å². The largest absolute Gasteiger partial charge is 0.394 e. The zero-order chi connectivity index (χ0) is 22.3. The molecule has 5 nitrogen and oxygen atoms in total. The first-order chi connectivity index (χ1) is 15.2. The van der Waals surface area contributed by atoms with Crippen LogP contribution in [0.1, 0.15) is 95.6 Å². The summed E-state index contributed by atoms with van der Waals surface area (Å²) in [6.07, 6.45) is 14.3. The fourth-order valence-electron chi connectivity index (χ4n) is 4.59. The van der Waals surface area contributed by atoms with Gasteiger partial charge in [0.25, 0.3) is 0 Å². The van der Waals surface area contributed by atoms with Crippen LogP contribution < -0.4 is 10.6 Å². The molecule has 0 unspecified atom stereocenters. The lowest BCUT2D eigenvalue weighted by Gasteiger charge is -2.31. The van der Waals surface area contributed by atoms with Crippen molar-refractivity contribution in [3.8, 4) is 0 Å². The summed E-state index contributed by atoms with van der Waals surface area (Å²) >= 11 is 0. The molecule has 5 heteroatoms. The van der Waals surface area contributed by atoms with Crippen molar-refractivity contribution in [1.29, 1.82) is 0 Å². The van der Waals surface area contributed by atoms with E-state index in [2.05, 4.69) is 17.6 Å². The van der Waals surface area contributed by atoms with Crippen molar-refractivity contribution in [3.63, 3.8) is 0 Å². The van der Waals surface area contributed by atoms with Gasteiger partial charge >= 0.3 is 0 Å². The molecule has 4 atom stereocenters. The lowest BCUT2D eigenvalue weighted by molar-refractivity contribution is -0.126. The van der Waals surface area contributed by atoms with Crippen molar-refractivity contribution in [2.75, 3.05) is 13.2 Å². The second kappa shape index (κ2) is 15.4. The molecule has 31 heavy (non-hydrogen) atoms. The number of nitrogens with one attached hydrogen (secondary N) is 2. The number of carbonyl (C=O) groups is 1. The lowest BCUT2D eigenvalue weighted by Crippen LogP contribution is -2.53. The number of piperidine rings is 1. The van der Waals surface area contributed by atoms with E-state index in [1.54, 1.807) is 12.1 Å². The molecule has 1 heterocycles. The molecule has 0 saturated carbocycles. The average Bonchev–Trinajstić information content (AvgIpc) is 2.81. The summed E-state index contributed by atoms with van der Waals surface area (Å²) in [5, 5.41) is 26.4. The topological polar surface area (TPSA) is 81.6 Å². The Hall–Kier alpha value is -1.43. The Kier molecular flexibility index (Phi) is 12.8. The van der Waals surface area contributed by atoms with E-state index in [1.807, 2.05) is 18.2 Å². The van der Waals surface area contributed by atoms with Crippen LogP contribution in [-0.2, 0) is 4.79 Å². The average molecular weight is 433 g/mol. The second-order valence-corrected chi connectivity index (χ2v) is 9.17. The molecule has 0 spiro atoms. The third-order valence-corrected chi connectivity index (χ3v) is 6.59. The van der Waals surface area contributed by atoms with Crippen molar-refractivity contribution < 1.29 is 15.0 Å². The first-order valence-corrected chi connectivity index (χ1v) is 12.5. The molecule has 176 valence electrons. The number of carbonyl (C=O) groups excluding carboxylic acids is 1. The van der Waals surface area contributed by atoms with Gasteiger partial charge in [-0.2, -0.15) is 0 Å². The summed E-state index contributed by atoms with van der Waals surface area (Å²) in [6.45, 7) is 2.82. The van der Waals surface area contributed by atoms with E-state index in [1.165, 1.54) is 64.2 Å². The molecule has 1 aromatic carbocycles. The van der Waals surface area contributed by atoms with Crippen LogP contribution in [0.25, 0.3) is 0 Å². The van der Waals surface area contributed by atoms with Crippen LogP contribution in [0.3, 0.4) is 0 Å². The van der Waals surface area contributed by atoms with Gasteiger partial charge < -0.3 is 20.8 Å². The Bertz CT molecular complexity index is 596. The molecule has 1 aliphatic heterocycles. The summed E-state index contributed by atoms with van der Waals surface area (Å²) in [7, 11) is 0. The predicted molar refractivity (Wildman–Crippen MR) is 127 cm³/mol. The minimum atomic E-state index is -0.920. The molecule has 1 aromatic rings. The van der Waals surface area contributed by atoms with Crippen LogP contribution in [-0.4, -0.2) is 41.4 Å². The van der Waals surface area contributed by atoms with E-state index in [-0.39, 0.29) is 18.6 Å². The zero-order valence-corrected chi connectivity index (χ0v) is 19.4. The smallest absolute Gasteiger partial charge is 0.237 e. The van der Waals surface area contributed by atoms with Gasteiger partial charge in [-0.3, -0.25) is 4.79 Å². The van der Waals surface area contributed by atoms with Gasteiger partial charge in [0.05, 0.1) is 18.7 Å².